The van der Waals surface area contributed by atoms with Crippen molar-refractivity contribution in [2.45, 2.75) is 155 Å². The van der Waals surface area contributed by atoms with E-state index in [9.17, 15) is 14.3 Å². The van der Waals surface area contributed by atoms with E-state index in [1.54, 1.807) is 0 Å². The average Bonchev–Trinajstić information content (AvgIpc) is 3.12. The van der Waals surface area contributed by atoms with Gasteiger partial charge in [-0.25, -0.2) is 4.57 Å². The summed E-state index contributed by atoms with van der Waals surface area (Å²) in [4.78, 5) is 22.3. The van der Waals surface area contributed by atoms with E-state index in [1.807, 2.05) is 0 Å². The monoisotopic (exact) mass is 736 g/mol. The van der Waals surface area contributed by atoms with Crippen LogP contribution >= 0.6 is 7.82 Å². The Kier molecular flexibility index (Phi) is 37.6. The standard InChI is InChI=1S/C42H74NO7P/c1-3-5-7-9-11-13-15-16-17-18-19-20-21-22-23-24-25-26-28-30-32-34-37-47-39-41(40-49-51(45,46)48-38-36-43)50-42(44)35-33-31-29-27-14-12-10-8-6-4-2/h5,7,11,13,16-17,19-20,22-23,25-26,41H,3-4,6,8-10,12,14-15,18,21,24,27-40,43H2,1-2H3,(H,45,46)/b7-5-,13-11-,17-16-,20-19-,23-22-,26-25-. The summed E-state index contributed by atoms with van der Waals surface area (Å²) in [5, 5.41) is 0. The molecule has 0 fully saturated rings. The second-order valence-corrected chi connectivity index (χ2v) is 14.2. The van der Waals surface area contributed by atoms with E-state index in [2.05, 4.69) is 86.8 Å². The zero-order valence-corrected chi connectivity index (χ0v) is 33.2. The van der Waals surface area contributed by atoms with Crippen molar-refractivity contribution in [3.63, 3.8) is 0 Å². The molecule has 0 rings (SSSR count). The van der Waals surface area contributed by atoms with E-state index in [1.165, 1.54) is 44.9 Å². The lowest BCUT2D eigenvalue weighted by Gasteiger charge is -2.20. The maximum atomic E-state index is 12.5. The van der Waals surface area contributed by atoms with E-state index in [0.717, 1.165) is 83.5 Å². The van der Waals surface area contributed by atoms with Crippen molar-refractivity contribution in [3.05, 3.63) is 72.9 Å². The van der Waals surface area contributed by atoms with Gasteiger partial charge >= 0.3 is 13.8 Å². The average molecular weight is 736 g/mol. The normalized spacial score (nSPS) is 14.4. The lowest BCUT2D eigenvalue weighted by molar-refractivity contribution is -0.154. The fourth-order valence-electron chi connectivity index (χ4n) is 5.00. The first-order valence-corrected chi connectivity index (χ1v) is 21.4. The number of unbranched alkanes of at least 4 members (excludes halogenated alkanes) is 12. The molecule has 0 saturated heterocycles. The van der Waals surface area contributed by atoms with Gasteiger partial charge in [-0.05, 0) is 64.2 Å². The molecule has 8 nitrogen and oxygen atoms in total. The number of esters is 1. The van der Waals surface area contributed by atoms with Gasteiger partial charge in [-0.2, -0.15) is 0 Å². The third-order valence-corrected chi connectivity index (χ3v) is 8.87. The minimum absolute atomic E-state index is 0.0911. The van der Waals surface area contributed by atoms with Crippen LogP contribution in [0.2, 0.25) is 0 Å². The number of nitrogens with two attached hydrogens (primary N) is 1. The molecule has 0 aromatic heterocycles. The topological polar surface area (TPSA) is 117 Å². The SMILES string of the molecule is CC/C=C\C/C=C\C/C=C\C/C=C\C/C=C\C/C=C\CCCCCOCC(COP(=O)(O)OCCN)OC(=O)CCCCCCCCCCCC. The fraction of sp³-hybridized carbons (Fsp3) is 0.690. The second-order valence-electron chi connectivity index (χ2n) is 12.8. The summed E-state index contributed by atoms with van der Waals surface area (Å²) < 4.78 is 33.3. The van der Waals surface area contributed by atoms with Crippen LogP contribution in [0.4, 0.5) is 0 Å². The van der Waals surface area contributed by atoms with Gasteiger partial charge in [0, 0.05) is 19.6 Å². The maximum absolute atomic E-state index is 12.5. The third-order valence-electron chi connectivity index (χ3n) is 7.89. The minimum atomic E-state index is -4.28. The molecule has 0 aliphatic heterocycles. The van der Waals surface area contributed by atoms with Crippen molar-refractivity contribution in [2.75, 3.05) is 33.0 Å². The highest BCUT2D eigenvalue weighted by Gasteiger charge is 2.25. The number of allylic oxidation sites excluding steroid dienone is 12. The highest BCUT2D eigenvalue weighted by atomic mass is 31.2. The highest BCUT2D eigenvalue weighted by Crippen LogP contribution is 2.43. The molecule has 0 heterocycles. The first kappa shape index (κ1) is 48.9. The Morgan fingerprint density at radius 1 is 0.608 bits per heavy atom. The number of carbonyl (C=O) groups is 1. The molecule has 2 atom stereocenters. The van der Waals surface area contributed by atoms with Crippen LogP contribution in [0.15, 0.2) is 72.9 Å². The van der Waals surface area contributed by atoms with E-state index >= 15 is 0 Å². The van der Waals surface area contributed by atoms with Crippen LogP contribution in [0.5, 0.6) is 0 Å². The van der Waals surface area contributed by atoms with E-state index in [0.29, 0.717) is 13.0 Å². The Bertz CT molecular complexity index is 1010. The lowest BCUT2D eigenvalue weighted by atomic mass is 10.1. The molecule has 0 aromatic rings. The number of phosphoric ester groups is 1. The van der Waals surface area contributed by atoms with Gasteiger partial charge in [0.05, 0.1) is 19.8 Å². The molecule has 51 heavy (non-hydrogen) atoms. The zero-order chi connectivity index (χ0) is 37.4. The third kappa shape index (κ3) is 39.0. The van der Waals surface area contributed by atoms with Crippen molar-refractivity contribution < 1.29 is 32.8 Å². The van der Waals surface area contributed by atoms with Gasteiger partial charge in [-0.15, -0.1) is 0 Å². The van der Waals surface area contributed by atoms with Crippen LogP contribution < -0.4 is 5.73 Å². The summed E-state index contributed by atoms with van der Waals surface area (Å²) in [5.74, 6) is -0.348. The summed E-state index contributed by atoms with van der Waals surface area (Å²) in [6, 6.07) is 0. The molecule has 0 bridgehead atoms. The van der Waals surface area contributed by atoms with Gasteiger partial charge in [-0.3, -0.25) is 13.8 Å². The van der Waals surface area contributed by atoms with E-state index < -0.39 is 13.9 Å². The van der Waals surface area contributed by atoms with Crippen molar-refractivity contribution in [3.8, 4) is 0 Å². The fourth-order valence-corrected chi connectivity index (χ4v) is 5.76. The number of phosphoric acid groups is 1. The second kappa shape index (κ2) is 39.2. The van der Waals surface area contributed by atoms with E-state index in [-0.39, 0.29) is 32.3 Å². The molecule has 3 N–H and O–H groups in total. The van der Waals surface area contributed by atoms with Crippen molar-refractivity contribution in [1.82, 2.24) is 0 Å². The van der Waals surface area contributed by atoms with Crippen LogP contribution in [0.25, 0.3) is 0 Å². The predicted octanol–water partition coefficient (Wildman–Crippen LogP) is 11.6. The van der Waals surface area contributed by atoms with Crippen LogP contribution in [0.1, 0.15) is 149 Å². The van der Waals surface area contributed by atoms with Gasteiger partial charge in [0.25, 0.3) is 0 Å². The first-order chi connectivity index (χ1) is 24.9. The molecule has 0 amide bonds. The Morgan fingerprint density at radius 2 is 1.10 bits per heavy atom. The minimum Gasteiger partial charge on any atom is -0.457 e. The summed E-state index contributed by atoms with van der Waals surface area (Å²) in [6.45, 7) is 4.68. The van der Waals surface area contributed by atoms with Crippen LogP contribution in [-0.2, 0) is 27.9 Å². The summed E-state index contributed by atoms with van der Waals surface area (Å²) in [6.07, 6.45) is 47.8. The van der Waals surface area contributed by atoms with Gasteiger partial charge in [0.1, 0.15) is 6.10 Å². The Labute approximate surface area is 312 Å². The van der Waals surface area contributed by atoms with Gasteiger partial charge in [-0.1, -0.05) is 151 Å². The molecule has 0 aliphatic rings. The molecule has 0 aliphatic carbocycles. The molecule has 9 heteroatoms. The predicted molar refractivity (Wildman–Crippen MR) is 215 cm³/mol. The number of hydrogen-bond donors (Lipinski definition) is 2. The molecule has 2 unspecified atom stereocenters. The van der Waals surface area contributed by atoms with Gasteiger partial charge in [0.15, 0.2) is 0 Å². The molecule has 0 aromatic carbocycles. The number of hydrogen-bond acceptors (Lipinski definition) is 7. The Balaban J connectivity index is 4.12. The lowest BCUT2D eigenvalue weighted by Crippen LogP contribution is -2.28. The van der Waals surface area contributed by atoms with Crippen LogP contribution in [0, 0.1) is 0 Å². The van der Waals surface area contributed by atoms with Crippen molar-refractivity contribution in [2.24, 2.45) is 5.73 Å². The van der Waals surface area contributed by atoms with Gasteiger partial charge in [0.2, 0.25) is 0 Å². The molecular formula is C42H74NO7P. The van der Waals surface area contributed by atoms with Crippen molar-refractivity contribution >= 4 is 13.8 Å². The van der Waals surface area contributed by atoms with Crippen molar-refractivity contribution in [1.29, 1.82) is 0 Å². The number of ether oxygens (including phenoxy) is 2. The number of rotatable bonds is 37. The highest BCUT2D eigenvalue weighted by molar-refractivity contribution is 7.47. The summed E-state index contributed by atoms with van der Waals surface area (Å²) in [5.41, 5.74) is 5.35. The largest absolute Gasteiger partial charge is 0.472 e. The number of carbonyl (C=O) groups excluding carboxylic acids is 1. The molecular weight excluding hydrogens is 661 g/mol. The van der Waals surface area contributed by atoms with Gasteiger partial charge < -0.3 is 20.1 Å². The molecule has 0 radical (unpaired) electrons. The maximum Gasteiger partial charge on any atom is 0.472 e. The molecule has 0 spiro atoms. The first-order valence-electron chi connectivity index (χ1n) is 19.9. The zero-order valence-electron chi connectivity index (χ0n) is 32.3. The summed E-state index contributed by atoms with van der Waals surface area (Å²) in [7, 11) is -4.28. The molecule has 294 valence electrons. The van der Waals surface area contributed by atoms with Crippen LogP contribution in [-0.4, -0.2) is 49.9 Å². The molecule has 0 saturated carbocycles. The Morgan fingerprint density at radius 3 is 1.63 bits per heavy atom. The quantitative estimate of drug-likeness (QED) is 0.0280. The summed E-state index contributed by atoms with van der Waals surface area (Å²) >= 11 is 0. The smallest absolute Gasteiger partial charge is 0.457 e. The Hall–Kier alpha value is -2.06. The van der Waals surface area contributed by atoms with Crippen LogP contribution in [0.3, 0.4) is 0 Å². The van der Waals surface area contributed by atoms with E-state index in [4.69, 9.17) is 24.3 Å².